The first kappa shape index (κ1) is 13.6. The van der Waals surface area contributed by atoms with Crippen LogP contribution >= 0.6 is 0 Å². The molecule has 0 saturated heterocycles. The number of benzene rings is 2. The summed E-state index contributed by atoms with van der Waals surface area (Å²) in [5, 5.41) is 11.9. The number of nitrogens with one attached hydrogen (secondary N) is 1. The molecule has 0 heterocycles. The molecule has 0 radical (unpaired) electrons. The van der Waals surface area contributed by atoms with Crippen molar-refractivity contribution in [3.63, 3.8) is 0 Å². The number of nitrogens with two attached hydrogens (primary N) is 1. The standard InChI is InChI=1S/C15H14N2O3/c1-9(18)10-3-2-4-12(7-10)17-14-6-5-11(15(19)20)8-13(14)16/h2-8,17H,16H2,1H3,(H,19,20). The highest BCUT2D eigenvalue weighted by molar-refractivity contribution is 5.95. The van der Waals surface area contributed by atoms with Gasteiger partial charge in [0.15, 0.2) is 5.78 Å². The predicted molar refractivity (Wildman–Crippen MR) is 77.5 cm³/mol. The predicted octanol–water partition coefficient (Wildman–Crippen LogP) is 2.91. The summed E-state index contributed by atoms with van der Waals surface area (Å²) in [6.07, 6.45) is 0. The molecule has 2 rings (SSSR count). The third kappa shape index (κ3) is 2.95. The minimum absolute atomic E-state index is 0.0251. The molecule has 0 unspecified atom stereocenters. The Morgan fingerprint density at radius 3 is 2.45 bits per heavy atom. The first-order chi connectivity index (χ1) is 9.47. The van der Waals surface area contributed by atoms with Crippen molar-refractivity contribution in [2.75, 3.05) is 11.1 Å². The molecule has 0 bridgehead atoms. The highest BCUT2D eigenvalue weighted by atomic mass is 16.4. The minimum atomic E-state index is -1.03. The van der Waals surface area contributed by atoms with Crippen molar-refractivity contribution in [1.29, 1.82) is 0 Å². The van der Waals surface area contributed by atoms with E-state index in [-0.39, 0.29) is 11.3 Å². The topological polar surface area (TPSA) is 92.4 Å². The molecule has 0 amide bonds. The average molecular weight is 270 g/mol. The molecule has 4 N–H and O–H groups in total. The average Bonchev–Trinajstić information content (AvgIpc) is 2.41. The lowest BCUT2D eigenvalue weighted by Crippen LogP contribution is -2.02. The zero-order valence-electron chi connectivity index (χ0n) is 10.9. The van der Waals surface area contributed by atoms with Gasteiger partial charge in [0, 0.05) is 11.3 Å². The van der Waals surface area contributed by atoms with Gasteiger partial charge in [0.05, 0.1) is 16.9 Å². The maximum Gasteiger partial charge on any atom is 0.335 e. The van der Waals surface area contributed by atoms with Gasteiger partial charge < -0.3 is 16.2 Å². The number of carboxylic acid groups (broad SMARTS) is 1. The van der Waals surface area contributed by atoms with E-state index in [1.54, 1.807) is 30.3 Å². The largest absolute Gasteiger partial charge is 0.478 e. The molecule has 0 aromatic heterocycles. The van der Waals surface area contributed by atoms with Crippen molar-refractivity contribution >= 4 is 28.8 Å². The van der Waals surface area contributed by atoms with Crippen molar-refractivity contribution in [2.45, 2.75) is 6.92 Å². The van der Waals surface area contributed by atoms with Crippen LogP contribution < -0.4 is 11.1 Å². The van der Waals surface area contributed by atoms with Gasteiger partial charge >= 0.3 is 5.97 Å². The summed E-state index contributed by atoms with van der Waals surface area (Å²) in [5.74, 6) is -1.05. The number of carboxylic acids is 1. The van der Waals surface area contributed by atoms with Crippen LogP contribution in [0.4, 0.5) is 17.1 Å². The van der Waals surface area contributed by atoms with E-state index in [0.717, 1.165) is 0 Å². The number of Topliss-reactive ketones (excluding diaryl/α,β-unsaturated/α-hetero) is 1. The van der Waals surface area contributed by atoms with Crippen LogP contribution in [0.3, 0.4) is 0 Å². The van der Waals surface area contributed by atoms with Crippen LogP contribution in [0.15, 0.2) is 42.5 Å². The maximum atomic E-state index is 11.3. The Labute approximate surface area is 116 Å². The Morgan fingerprint density at radius 1 is 1.10 bits per heavy atom. The third-order valence-electron chi connectivity index (χ3n) is 2.85. The zero-order chi connectivity index (χ0) is 14.7. The molecular formula is C15H14N2O3. The Kier molecular flexibility index (Phi) is 3.70. The number of nitrogen functional groups attached to an aromatic ring is 1. The number of ketones is 1. The normalized spacial score (nSPS) is 10.1. The Morgan fingerprint density at radius 2 is 1.85 bits per heavy atom. The molecule has 2 aromatic rings. The summed E-state index contributed by atoms with van der Waals surface area (Å²) >= 11 is 0. The second-order valence-corrected chi connectivity index (χ2v) is 4.37. The summed E-state index contributed by atoms with van der Waals surface area (Å²) in [6, 6.07) is 11.5. The molecule has 102 valence electrons. The molecule has 0 saturated carbocycles. The van der Waals surface area contributed by atoms with Gasteiger partial charge in [-0.25, -0.2) is 4.79 Å². The van der Waals surface area contributed by atoms with E-state index in [2.05, 4.69) is 5.32 Å². The molecule has 2 aromatic carbocycles. The molecule has 0 fully saturated rings. The van der Waals surface area contributed by atoms with E-state index in [0.29, 0.717) is 22.6 Å². The van der Waals surface area contributed by atoms with Crippen LogP contribution in [0.1, 0.15) is 27.6 Å². The van der Waals surface area contributed by atoms with Crippen molar-refractivity contribution in [3.05, 3.63) is 53.6 Å². The van der Waals surface area contributed by atoms with Gasteiger partial charge in [-0.2, -0.15) is 0 Å². The molecule has 0 aliphatic rings. The number of rotatable bonds is 4. The molecule has 5 heteroatoms. The van der Waals surface area contributed by atoms with E-state index < -0.39 is 5.97 Å². The van der Waals surface area contributed by atoms with Crippen LogP contribution in [-0.2, 0) is 0 Å². The van der Waals surface area contributed by atoms with Crippen LogP contribution in [0.5, 0.6) is 0 Å². The van der Waals surface area contributed by atoms with E-state index in [1.807, 2.05) is 0 Å². The van der Waals surface area contributed by atoms with Gasteiger partial charge in [-0.1, -0.05) is 12.1 Å². The van der Waals surface area contributed by atoms with Crippen molar-refractivity contribution in [1.82, 2.24) is 0 Å². The quantitative estimate of drug-likeness (QED) is 0.586. The third-order valence-corrected chi connectivity index (χ3v) is 2.85. The van der Waals surface area contributed by atoms with Crippen LogP contribution in [0, 0.1) is 0 Å². The first-order valence-electron chi connectivity index (χ1n) is 5.98. The summed E-state index contributed by atoms with van der Waals surface area (Å²) in [4.78, 5) is 22.1. The molecule has 0 aliphatic carbocycles. The lowest BCUT2D eigenvalue weighted by Gasteiger charge is -2.10. The number of carbonyl (C=O) groups excluding carboxylic acids is 1. The van der Waals surface area contributed by atoms with Gasteiger partial charge in [-0.3, -0.25) is 4.79 Å². The van der Waals surface area contributed by atoms with Gasteiger partial charge in [0.2, 0.25) is 0 Å². The molecule has 20 heavy (non-hydrogen) atoms. The summed E-state index contributed by atoms with van der Waals surface area (Å²) < 4.78 is 0. The van der Waals surface area contributed by atoms with Crippen molar-refractivity contribution < 1.29 is 14.7 Å². The Bertz CT molecular complexity index is 681. The monoisotopic (exact) mass is 270 g/mol. The smallest absolute Gasteiger partial charge is 0.335 e. The van der Waals surface area contributed by atoms with E-state index in [9.17, 15) is 9.59 Å². The number of carbonyl (C=O) groups is 2. The number of anilines is 3. The molecule has 0 atom stereocenters. The molecule has 0 spiro atoms. The highest BCUT2D eigenvalue weighted by Crippen LogP contribution is 2.24. The summed E-state index contributed by atoms with van der Waals surface area (Å²) in [7, 11) is 0. The van der Waals surface area contributed by atoms with Crippen molar-refractivity contribution in [2.24, 2.45) is 0 Å². The van der Waals surface area contributed by atoms with E-state index >= 15 is 0 Å². The second-order valence-electron chi connectivity index (χ2n) is 4.37. The Balaban J connectivity index is 2.28. The fourth-order valence-corrected chi connectivity index (χ4v) is 1.78. The lowest BCUT2D eigenvalue weighted by molar-refractivity contribution is 0.0696. The molecular weight excluding hydrogens is 256 g/mol. The number of hydrogen-bond acceptors (Lipinski definition) is 4. The van der Waals surface area contributed by atoms with Crippen molar-refractivity contribution in [3.8, 4) is 0 Å². The summed E-state index contributed by atoms with van der Waals surface area (Å²) in [6.45, 7) is 1.50. The fourth-order valence-electron chi connectivity index (χ4n) is 1.78. The minimum Gasteiger partial charge on any atom is -0.478 e. The van der Waals surface area contributed by atoms with Gasteiger partial charge in [0.1, 0.15) is 0 Å². The Hall–Kier alpha value is -2.82. The lowest BCUT2D eigenvalue weighted by atomic mass is 10.1. The van der Waals surface area contributed by atoms with Crippen LogP contribution in [-0.4, -0.2) is 16.9 Å². The number of hydrogen-bond donors (Lipinski definition) is 3. The van der Waals surface area contributed by atoms with Crippen LogP contribution in [0.25, 0.3) is 0 Å². The fraction of sp³-hybridized carbons (Fsp3) is 0.0667. The highest BCUT2D eigenvalue weighted by Gasteiger charge is 2.07. The van der Waals surface area contributed by atoms with Crippen LogP contribution in [0.2, 0.25) is 0 Å². The molecule has 5 nitrogen and oxygen atoms in total. The molecule has 0 aliphatic heterocycles. The number of aromatic carboxylic acids is 1. The van der Waals surface area contributed by atoms with Gasteiger partial charge in [-0.15, -0.1) is 0 Å². The maximum absolute atomic E-state index is 11.3. The van der Waals surface area contributed by atoms with E-state index in [4.69, 9.17) is 10.8 Å². The SMILES string of the molecule is CC(=O)c1cccc(Nc2ccc(C(=O)O)cc2N)c1. The van der Waals surface area contributed by atoms with Gasteiger partial charge in [0.25, 0.3) is 0 Å². The zero-order valence-corrected chi connectivity index (χ0v) is 10.9. The summed E-state index contributed by atoms with van der Waals surface area (Å²) in [5.41, 5.74) is 8.18. The van der Waals surface area contributed by atoms with E-state index in [1.165, 1.54) is 19.1 Å². The first-order valence-corrected chi connectivity index (χ1v) is 5.98. The van der Waals surface area contributed by atoms with Gasteiger partial charge in [-0.05, 0) is 37.3 Å². The second kappa shape index (κ2) is 5.44.